The number of hydrogen-bond donors (Lipinski definition) is 0. The zero-order valence-corrected chi connectivity index (χ0v) is 19.4. The van der Waals surface area contributed by atoms with Gasteiger partial charge in [0, 0.05) is 33.6 Å². The predicted octanol–water partition coefficient (Wildman–Crippen LogP) is 7.36. The Hall–Kier alpha value is -2.59. The topological polar surface area (TPSA) is 31.2 Å². The Labute approximate surface area is 183 Å². The van der Waals surface area contributed by atoms with Crippen molar-refractivity contribution >= 4 is 34.1 Å². The Bertz CT molecular complexity index is 1100. The number of aryl methyl sites for hydroxylation is 2. The number of thiophene rings is 1. The van der Waals surface area contributed by atoms with Crippen LogP contribution in [0.1, 0.15) is 59.6 Å². The minimum atomic E-state index is 0.0681. The molecule has 0 saturated heterocycles. The minimum absolute atomic E-state index is 0.0681. The summed E-state index contributed by atoms with van der Waals surface area (Å²) in [5, 5.41) is 3.03. The summed E-state index contributed by atoms with van der Waals surface area (Å²) < 4.78 is 7.71. The highest BCUT2D eigenvalue weighted by atomic mass is 32.1. The Morgan fingerprint density at radius 2 is 1.97 bits per heavy atom. The fourth-order valence-electron chi connectivity index (χ4n) is 3.81. The lowest BCUT2D eigenvalue weighted by atomic mass is 9.97. The summed E-state index contributed by atoms with van der Waals surface area (Å²) in [4.78, 5) is 15.1. The maximum Gasteiger partial charge on any atom is 0.195 e. The molecule has 0 fully saturated rings. The number of ketones is 1. The number of rotatable bonds is 9. The molecule has 1 aromatic carbocycles. The number of benzene rings is 1. The lowest BCUT2D eigenvalue weighted by Crippen LogP contribution is -2.06. The lowest BCUT2D eigenvalue weighted by Gasteiger charge is -2.07. The van der Waals surface area contributed by atoms with Crippen LogP contribution in [0.4, 0.5) is 0 Å². The molecule has 0 amide bonds. The third-order valence-electron chi connectivity index (χ3n) is 5.43. The molecule has 2 aromatic heterocycles. The van der Waals surface area contributed by atoms with Gasteiger partial charge in [0.1, 0.15) is 5.75 Å². The highest BCUT2D eigenvalue weighted by Gasteiger charge is 2.22. The second-order valence-electron chi connectivity index (χ2n) is 7.55. The lowest BCUT2D eigenvalue weighted by molar-refractivity contribution is 0.103. The van der Waals surface area contributed by atoms with E-state index in [-0.39, 0.29) is 5.78 Å². The van der Waals surface area contributed by atoms with Gasteiger partial charge in [-0.1, -0.05) is 32.4 Å². The van der Waals surface area contributed by atoms with Crippen LogP contribution in [0.3, 0.4) is 0 Å². The molecule has 0 N–H and O–H groups in total. The summed E-state index contributed by atoms with van der Waals surface area (Å²) in [6.07, 6.45) is 9.15. The fraction of sp³-hybridized carbons (Fsp3) is 0.346. The van der Waals surface area contributed by atoms with Crippen LogP contribution >= 0.6 is 11.3 Å². The van der Waals surface area contributed by atoms with Crippen molar-refractivity contribution in [2.24, 2.45) is 0 Å². The van der Waals surface area contributed by atoms with Crippen LogP contribution in [0.2, 0.25) is 0 Å². The Morgan fingerprint density at radius 1 is 1.17 bits per heavy atom. The summed E-state index contributed by atoms with van der Waals surface area (Å²) in [6.45, 7) is 9.34. The van der Waals surface area contributed by atoms with Crippen molar-refractivity contribution in [1.29, 1.82) is 0 Å². The van der Waals surface area contributed by atoms with E-state index in [1.165, 1.54) is 4.88 Å². The average Bonchev–Trinajstić information content (AvgIpc) is 3.27. The zero-order chi connectivity index (χ0) is 21.7. The molecule has 158 valence electrons. The van der Waals surface area contributed by atoms with E-state index in [2.05, 4.69) is 55.9 Å². The normalized spacial score (nSPS) is 12.2. The number of allylic oxidation sites excluding steroid dienone is 3. The van der Waals surface area contributed by atoms with Crippen LogP contribution in [0.5, 0.6) is 5.75 Å². The third-order valence-corrected chi connectivity index (χ3v) is 6.29. The molecule has 0 radical (unpaired) electrons. The molecule has 0 aliphatic rings. The molecule has 3 nitrogen and oxygen atoms in total. The van der Waals surface area contributed by atoms with Gasteiger partial charge in [-0.05, 0) is 68.0 Å². The number of Topliss-reactive ketones (excluding diaryl/α,β-unsaturated/α-hetero) is 1. The van der Waals surface area contributed by atoms with Crippen molar-refractivity contribution in [3.05, 3.63) is 69.1 Å². The van der Waals surface area contributed by atoms with E-state index in [0.717, 1.165) is 64.9 Å². The molecule has 3 aromatic rings. The number of carbonyl (C=O) groups excluding carboxylic acids is 1. The molecule has 0 bridgehead atoms. The molecule has 2 heterocycles. The van der Waals surface area contributed by atoms with Crippen LogP contribution < -0.4 is 4.74 Å². The molecule has 0 spiro atoms. The number of hydrogen-bond acceptors (Lipinski definition) is 3. The minimum Gasteiger partial charge on any atom is -0.497 e. The van der Waals surface area contributed by atoms with Gasteiger partial charge < -0.3 is 9.30 Å². The van der Waals surface area contributed by atoms with Crippen LogP contribution in [0.15, 0.2) is 47.4 Å². The first-order chi connectivity index (χ1) is 14.5. The highest BCUT2D eigenvalue weighted by Crippen LogP contribution is 2.32. The molecule has 0 aliphatic carbocycles. The van der Waals surface area contributed by atoms with Crippen molar-refractivity contribution < 1.29 is 9.53 Å². The second-order valence-corrected chi connectivity index (χ2v) is 8.67. The van der Waals surface area contributed by atoms with Gasteiger partial charge in [0.2, 0.25) is 0 Å². The Balaban J connectivity index is 2.19. The molecule has 3 rings (SSSR count). The van der Waals surface area contributed by atoms with Crippen LogP contribution in [-0.2, 0) is 6.54 Å². The van der Waals surface area contributed by atoms with Crippen molar-refractivity contribution in [3.63, 3.8) is 0 Å². The third kappa shape index (κ3) is 4.44. The summed E-state index contributed by atoms with van der Waals surface area (Å²) in [5.74, 6) is 0.837. The smallest absolute Gasteiger partial charge is 0.195 e. The second kappa shape index (κ2) is 9.94. The van der Waals surface area contributed by atoms with Gasteiger partial charge in [0.15, 0.2) is 5.78 Å². The van der Waals surface area contributed by atoms with E-state index in [1.807, 2.05) is 24.3 Å². The Morgan fingerprint density at radius 3 is 2.60 bits per heavy atom. The van der Waals surface area contributed by atoms with Gasteiger partial charge in [-0.3, -0.25) is 4.79 Å². The van der Waals surface area contributed by atoms with Crippen molar-refractivity contribution in [3.8, 4) is 5.75 Å². The van der Waals surface area contributed by atoms with E-state index in [0.29, 0.717) is 0 Å². The number of nitrogens with zero attached hydrogens (tertiary/aromatic N) is 1. The van der Waals surface area contributed by atoms with Gasteiger partial charge in [-0.25, -0.2) is 0 Å². The number of unbranched alkanes of at least 4 members (excludes halogenated alkanes) is 1. The molecular weight excluding hydrogens is 390 g/mol. The zero-order valence-electron chi connectivity index (χ0n) is 18.6. The quantitative estimate of drug-likeness (QED) is 0.205. The van der Waals surface area contributed by atoms with E-state index in [4.69, 9.17) is 4.74 Å². The van der Waals surface area contributed by atoms with Gasteiger partial charge >= 0.3 is 0 Å². The summed E-state index contributed by atoms with van der Waals surface area (Å²) in [6, 6.07) is 8.10. The van der Waals surface area contributed by atoms with Crippen LogP contribution in [0.25, 0.3) is 17.0 Å². The number of carbonyl (C=O) groups is 1. The molecular formula is C26H31NO2S. The first-order valence-electron chi connectivity index (χ1n) is 10.7. The van der Waals surface area contributed by atoms with Gasteiger partial charge in [0.25, 0.3) is 0 Å². The number of ether oxygens (including phenoxy) is 1. The monoisotopic (exact) mass is 421 g/mol. The van der Waals surface area contributed by atoms with E-state index >= 15 is 0 Å². The largest absolute Gasteiger partial charge is 0.497 e. The SMILES string of the molecule is CCC/C=C\C(=C/c1ccsc1C)C(=O)c1c(C)n(CCC)c2ccc(OC)cc12. The number of fused-ring (bicyclic) bond motifs is 1. The maximum atomic E-state index is 13.9. The average molecular weight is 422 g/mol. The van der Waals surface area contributed by atoms with Gasteiger partial charge in [-0.15, -0.1) is 11.3 Å². The molecule has 0 atom stereocenters. The first-order valence-corrected chi connectivity index (χ1v) is 11.5. The van der Waals surface area contributed by atoms with Crippen molar-refractivity contribution in [2.45, 2.75) is 53.5 Å². The van der Waals surface area contributed by atoms with E-state index < -0.39 is 0 Å². The van der Waals surface area contributed by atoms with Crippen molar-refractivity contribution in [1.82, 2.24) is 4.57 Å². The molecule has 0 aliphatic heterocycles. The first kappa shape index (κ1) is 22.1. The van der Waals surface area contributed by atoms with Crippen molar-refractivity contribution in [2.75, 3.05) is 7.11 Å². The number of methoxy groups -OCH3 is 1. The maximum absolute atomic E-state index is 13.9. The highest BCUT2D eigenvalue weighted by molar-refractivity contribution is 7.10. The molecule has 4 heteroatoms. The summed E-state index contributed by atoms with van der Waals surface area (Å²) in [7, 11) is 1.66. The van der Waals surface area contributed by atoms with Gasteiger partial charge in [0.05, 0.1) is 12.7 Å². The van der Waals surface area contributed by atoms with Crippen LogP contribution in [0, 0.1) is 13.8 Å². The Kier molecular flexibility index (Phi) is 7.33. The van der Waals surface area contributed by atoms with E-state index in [1.54, 1.807) is 18.4 Å². The number of aromatic nitrogens is 1. The standard InChI is InChI=1S/C26H31NO2S/c1-6-8-9-10-21(16-20-13-15-30-19(20)4)26(28)25-18(3)27(14-7-2)24-12-11-22(29-5)17-23(24)25/h9-13,15-17H,6-8,14H2,1-5H3/b10-9-,21-16+. The van der Waals surface area contributed by atoms with Crippen LogP contribution in [-0.4, -0.2) is 17.5 Å². The van der Waals surface area contributed by atoms with E-state index in [9.17, 15) is 4.79 Å². The summed E-state index contributed by atoms with van der Waals surface area (Å²) >= 11 is 1.70. The predicted molar refractivity (Wildman–Crippen MR) is 129 cm³/mol. The molecule has 0 saturated carbocycles. The molecule has 0 unspecified atom stereocenters. The molecule has 30 heavy (non-hydrogen) atoms. The summed E-state index contributed by atoms with van der Waals surface area (Å²) in [5.41, 5.74) is 4.71. The van der Waals surface area contributed by atoms with Gasteiger partial charge in [-0.2, -0.15) is 0 Å². The fourth-order valence-corrected chi connectivity index (χ4v) is 4.49.